The standard InChI is InChI=1S/C26H32ClFN4O4S/c1-25(2,3)31-30-22(33)17-11-20-21(12-18(17)28)37-14-19(29-24(35)36-26(4,5)6)23(34)32(20)13-15-7-9-16(27)10-8-15/h7-12,19,31H,13-14H2,1-6H3,(H,29,35)(H,30,33)/t19-/m0/s1. The van der Waals surface area contributed by atoms with Crippen LogP contribution in [0.5, 0.6) is 0 Å². The molecule has 1 heterocycles. The lowest BCUT2D eigenvalue weighted by molar-refractivity contribution is -0.120. The van der Waals surface area contributed by atoms with Crippen molar-refractivity contribution in [3.05, 3.63) is 58.4 Å². The van der Waals surface area contributed by atoms with E-state index >= 15 is 4.39 Å². The molecule has 0 radical (unpaired) electrons. The van der Waals surface area contributed by atoms with Crippen molar-refractivity contribution in [2.45, 2.75) is 70.2 Å². The predicted molar refractivity (Wildman–Crippen MR) is 143 cm³/mol. The average molecular weight is 551 g/mol. The molecule has 1 aliphatic heterocycles. The molecular weight excluding hydrogens is 519 g/mol. The maximum atomic E-state index is 15.1. The van der Waals surface area contributed by atoms with Gasteiger partial charge in [-0.15, -0.1) is 11.8 Å². The Bertz CT molecular complexity index is 1180. The molecular formula is C26H32ClFN4O4S. The van der Waals surface area contributed by atoms with Crippen molar-refractivity contribution in [3.63, 3.8) is 0 Å². The molecule has 0 aromatic heterocycles. The quantitative estimate of drug-likeness (QED) is 0.451. The third-order valence-corrected chi connectivity index (χ3v) is 6.44. The van der Waals surface area contributed by atoms with Gasteiger partial charge in [-0.25, -0.2) is 14.6 Å². The molecule has 11 heteroatoms. The summed E-state index contributed by atoms with van der Waals surface area (Å²) in [6, 6.07) is 8.61. The minimum absolute atomic E-state index is 0.114. The highest BCUT2D eigenvalue weighted by Crippen LogP contribution is 2.37. The number of benzene rings is 2. The van der Waals surface area contributed by atoms with Crippen LogP contribution in [0.25, 0.3) is 0 Å². The van der Waals surface area contributed by atoms with Crippen LogP contribution >= 0.6 is 23.4 Å². The van der Waals surface area contributed by atoms with Crippen LogP contribution in [0.2, 0.25) is 5.02 Å². The third-order valence-electron chi connectivity index (χ3n) is 5.05. The van der Waals surface area contributed by atoms with Crippen LogP contribution < -0.4 is 21.1 Å². The molecule has 2 aromatic rings. The Labute approximate surface area is 225 Å². The van der Waals surface area contributed by atoms with Crippen molar-refractivity contribution >= 4 is 47.0 Å². The fraction of sp³-hybridized carbons (Fsp3) is 0.423. The molecule has 0 fully saturated rings. The first-order valence-electron chi connectivity index (χ1n) is 11.7. The molecule has 0 spiro atoms. The topological polar surface area (TPSA) is 99.8 Å². The summed E-state index contributed by atoms with van der Waals surface area (Å²) in [5.74, 6) is -1.67. The monoisotopic (exact) mass is 550 g/mol. The molecule has 2 aromatic carbocycles. The number of amides is 3. The van der Waals surface area contributed by atoms with Gasteiger partial charge >= 0.3 is 6.09 Å². The number of carbonyl (C=O) groups excluding carboxylic acids is 3. The van der Waals surface area contributed by atoms with Gasteiger partial charge in [0.2, 0.25) is 0 Å². The fourth-order valence-electron chi connectivity index (χ4n) is 3.40. The van der Waals surface area contributed by atoms with Crippen molar-refractivity contribution in [2.24, 2.45) is 0 Å². The lowest BCUT2D eigenvalue weighted by Gasteiger charge is -2.27. The fourth-order valence-corrected chi connectivity index (χ4v) is 4.60. The summed E-state index contributed by atoms with van der Waals surface area (Å²) >= 11 is 7.23. The molecule has 0 saturated carbocycles. The predicted octanol–water partition coefficient (Wildman–Crippen LogP) is 5.04. The highest BCUT2D eigenvalue weighted by atomic mass is 35.5. The van der Waals surface area contributed by atoms with Crippen LogP contribution in [-0.2, 0) is 16.1 Å². The lowest BCUT2D eigenvalue weighted by Crippen LogP contribution is -2.50. The largest absolute Gasteiger partial charge is 0.444 e. The van der Waals surface area contributed by atoms with Gasteiger partial charge in [0.05, 0.1) is 17.8 Å². The van der Waals surface area contributed by atoms with E-state index in [1.165, 1.54) is 28.8 Å². The molecule has 0 aliphatic carbocycles. The third kappa shape index (κ3) is 8.08. The van der Waals surface area contributed by atoms with E-state index in [2.05, 4.69) is 16.2 Å². The number of thioether (sulfide) groups is 1. The summed E-state index contributed by atoms with van der Waals surface area (Å²) in [6.45, 7) is 10.8. The zero-order valence-corrected chi connectivity index (χ0v) is 23.3. The maximum absolute atomic E-state index is 15.1. The number of hydrogen-bond acceptors (Lipinski definition) is 6. The van der Waals surface area contributed by atoms with Gasteiger partial charge in [-0.1, -0.05) is 23.7 Å². The number of fused-ring (bicyclic) bond motifs is 1. The molecule has 1 aliphatic rings. The Kier molecular flexibility index (Phi) is 8.77. The van der Waals surface area contributed by atoms with Crippen molar-refractivity contribution in [2.75, 3.05) is 10.7 Å². The van der Waals surface area contributed by atoms with Gasteiger partial charge in [-0.2, -0.15) is 0 Å². The van der Waals surface area contributed by atoms with Gasteiger partial charge in [-0.3, -0.25) is 15.0 Å². The second kappa shape index (κ2) is 11.3. The van der Waals surface area contributed by atoms with E-state index in [1.54, 1.807) is 45.0 Å². The number of carbonyl (C=O) groups is 3. The number of hydrogen-bond donors (Lipinski definition) is 3. The van der Waals surface area contributed by atoms with Crippen molar-refractivity contribution in [1.29, 1.82) is 0 Å². The summed E-state index contributed by atoms with van der Waals surface area (Å²) in [5, 5.41) is 3.18. The molecule has 0 saturated heterocycles. The van der Waals surface area contributed by atoms with Crippen LogP contribution in [0.1, 0.15) is 57.5 Å². The number of anilines is 1. The van der Waals surface area contributed by atoms with E-state index in [4.69, 9.17) is 16.3 Å². The first-order valence-corrected chi connectivity index (χ1v) is 13.1. The normalized spacial score (nSPS) is 16.1. The number of rotatable bonds is 5. The highest BCUT2D eigenvalue weighted by Gasteiger charge is 2.34. The lowest BCUT2D eigenvalue weighted by atomic mass is 10.1. The number of nitrogens with one attached hydrogen (secondary N) is 3. The summed E-state index contributed by atoms with van der Waals surface area (Å²) in [6.07, 6.45) is -0.733. The second-order valence-corrected chi connectivity index (χ2v) is 12.2. The number of nitrogens with zero attached hydrogens (tertiary/aromatic N) is 1. The maximum Gasteiger partial charge on any atom is 0.408 e. The van der Waals surface area contributed by atoms with Crippen molar-refractivity contribution < 1.29 is 23.5 Å². The van der Waals surface area contributed by atoms with Crippen molar-refractivity contribution in [1.82, 2.24) is 16.2 Å². The van der Waals surface area contributed by atoms with Crippen LogP contribution in [0.3, 0.4) is 0 Å². The molecule has 200 valence electrons. The molecule has 3 N–H and O–H groups in total. The summed E-state index contributed by atoms with van der Waals surface area (Å²) in [5.41, 5.74) is 5.06. The van der Waals surface area contributed by atoms with Crippen LogP contribution in [0.15, 0.2) is 41.3 Å². The zero-order valence-electron chi connectivity index (χ0n) is 21.7. The summed E-state index contributed by atoms with van der Waals surface area (Å²) < 4.78 is 20.4. The van der Waals surface area contributed by atoms with E-state index in [9.17, 15) is 14.4 Å². The molecule has 0 unspecified atom stereocenters. The van der Waals surface area contributed by atoms with Gasteiger partial charge < -0.3 is 15.0 Å². The van der Waals surface area contributed by atoms with E-state index < -0.39 is 40.9 Å². The molecule has 8 nitrogen and oxygen atoms in total. The number of alkyl carbamates (subject to hydrolysis) is 1. The Morgan fingerprint density at radius 3 is 2.38 bits per heavy atom. The number of ether oxygens (including phenoxy) is 1. The SMILES string of the molecule is CC(C)(C)NNC(=O)c1cc2c(cc1F)SC[C@H](NC(=O)OC(C)(C)C)C(=O)N2Cc1ccc(Cl)cc1. The van der Waals surface area contributed by atoms with E-state index in [0.29, 0.717) is 15.6 Å². The summed E-state index contributed by atoms with van der Waals surface area (Å²) in [4.78, 5) is 40.9. The van der Waals surface area contributed by atoms with Crippen LogP contribution in [-0.4, -0.2) is 40.8 Å². The average Bonchev–Trinajstić information content (AvgIpc) is 2.88. The molecule has 3 rings (SSSR count). The van der Waals surface area contributed by atoms with Gasteiger partial charge in [-0.05, 0) is 71.4 Å². The summed E-state index contributed by atoms with van der Waals surface area (Å²) in [7, 11) is 0. The number of halogens is 2. The van der Waals surface area contributed by atoms with E-state index in [-0.39, 0.29) is 17.9 Å². The molecule has 1 atom stereocenters. The van der Waals surface area contributed by atoms with Crippen molar-refractivity contribution in [3.8, 4) is 0 Å². The Morgan fingerprint density at radius 1 is 1.14 bits per heavy atom. The Hall–Kier alpha value is -2.82. The Balaban J connectivity index is 1.99. The molecule has 3 amide bonds. The minimum atomic E-state index is -0.942. The van der Waals surface area contributed by atoms with Gasteiger partial charge in [0.1, 0.15) is 17.5 Å². The second-order valence-electron chi connectivity index (χ2n) is 10.7. The smallest absolute Gasteiger partial charge is 0.408 e. The van der Waals surface area contributed by atoms with Crippen LogP contribution in [0, 0.1) is 5.82 Å². The first-order chi connectivity index (χ1) is 17.1. The first kappa shape index (κ1) is 28.7. The number of hydrazine groups is 1. The van der Waals surface area contributed by atoms with E-state index in [1.807, 2.05) is 20.8 Å². The van der Waals surface area contributed by atoms with Gasteiger partial charge in [0.25, 0.3) is 11.8 Å². The van der Waals surface area contributed by atoms with Gasteiger partial charge in [0, 0.05) is 21.2 Å². The molecule has 37 heavy (non-hydrogen) atoms. The molecule has 0 bridgehead atoms. The minimum Gasteiger partial charge on any atom is -0.444 e. The zero-order chi connectivity index (χ0) is 27.5. The van der Waals surface area contributed by atoms with E-state index in [0.717, 1.165) is 5.56 Å². The van der Waals surface area contributed by atoms with Crippen LogP contribution in [0.4, 0.5) is 14.9 Å². The van der Waals surface area contributed by atoms with Gasteiger partial charge in [0.15, 0.2) is 0 Å². The Morgan fingerprint density at radius 2 is 1.78 bits per heavy atom. The highest BCUT2D eigenvalue weighted by molar-refractivity contribution is 7.99.